The van der Waals surface area contributed by atoms with Crippen LogP contribution in [0.25, 0.3) is 0 Å². The molecule has 0 saturated heterocycles. The number of rotatable bonds is 5. The summed E-state index contributed by atoms with van der Waals surface area (Å²) in [6.45, 7) is 1.82. The van der Waals surface area contributed by atoms with Crippen molar-refractivity contribution in [3.8, 4) is 0 Å². The van der Waals surface area contributed by atoms with Gasteiger partial charge < -0.3 is 5.11 Å². The van der Waals surface area contributed by atoms with E-state index in [0.717, 1.165) is 12.1 Å². The van der Waals surface area contributed by atoms with Crippen molar-refractivity contribution in [3.05, 3.63) is 35.4 Å². The van der Waals surface area contributed by atoms with E-state index < -0.39 is 23.6 Å². The maximum Gasteiger partial charge on any atom is 0.416 e. The monoisotopic (exact) mass is 260 g/mol. The number of benzene rings is 1. The second-order valence-electron chi connectivity index (χ2n) is 4.15. The van der Waals surface area contributed by atoms with E-state index in [-0.39, 0.29) is 12.0 Å². The van der Waals surface area contributed by atoms with Gasteiger partial charge in [0.2, 0.25) is 0 Å². The highest BCUT2D eigenvalue weighted by atomic mass is 19.4. The lowest BCUT2D eigenvalue weighted by atomic mass is 10.0. The Morgan fingerprint density at radius 1 is 1.39 bits per heavy atom. The van der Waals surface area contributed by atoms with Gasteiger partial charge in [0.1, 0.15) is 6.10 Å². The van der Waals surface area contributed by atoms with Gasteiger partial charge in [0.15, 0.2) is 5.78 Å². The molecule has 0 fully saturated rings. The number of carbonyl (C=O) groups is 1. The molecule has 1 atom stereocenters. The summed E-state index contributed by atoms with van der Waals surface area (Å²) in [4.78, 5) is 11.5. The fraction of sp³-hybridized carbons (Fsp3) is 0.462. The molecular weight excluding hydrogens is 245 g/mol. The van der Waals surface area contributed by atoms with Crippen LogP contribution >= 0.6 is 0 Å². The van der Waals surface area contributed by atoms with E-state index in [4.69, 9.17) is 0 Å². The molecule has 0 aliphatic rings. The Labute approximate surface area is 103 Å². The molecule has 0 amide bonds. The van der Waals surface area contributed by atoms with Gasteiger partial charge >= 0.3 is 6.18 Å². The second kappa shape index (κ2) is 6.00. The third-order valence-corrected chi connectivity index (χ3v) is 2.57. The maximum absolute atomic E-state index is 12.5. The second-order valence-corrected chi connectivity index (χ2v) is 4.15. The summed E-state index contributed by atoms with van der Waals surface area (Å²) in [7, 11) is 0. The van der Waals surface area contributed by atoms with Crippen LogP contribution in [0, 0.1) is 0 Å². The summed E-state index contributed by atoms with van der Waals surface area (Å²) < 4.78 is 37.4. The number of aliphatic hydroxyl groups excluding tert-OH is 1. The van der Waals surface area contributed by atoms with Crippen molar-refractivity contribution >= 4 is 5.78 Å². The number of Topliss-reactive ketones (excluding diaryl/α,β-unsaturated/α-hetero) is 1. The summed E-state index contributed by atoms with van der Waals surface area (Å²) in [5, 5.41) is 9.44. The minimum atomic E-state index is -4.42. The van der Waals surface area contributed by atoms with Crippen LogP contribution in [0.15, 0.2) is 24.3 Å². The topological polar surface area (TPSA) is 37.3 Å². The predicted octanol–water partition coefficient (Wildman–Crippen LogP) is 2.98. The molecule has 0 aliphatic carbocycles. The third-order valence-electron chi connectivity index (χ3n) is 2.57. The first-order chi connectivity index (χ1) is 8.34. The van der Waals surface area contributed by atoms with Crippen molar-refractivity contribution in [2.24, 2.45) is 0 Å². The Morgan fingerprint density at radius 3 is 2.61 bits per heavy atom. The summed E-state index contributed by atoms with van der Waals surface area (Å²) in [6.07, 6.45) is -4.70. The molecule has 1 aromatic carbocycles. The average Bonchev–Trinajstić information content (AvgIpc) is 2.28. The van der Waals surface area contributed by atoms with E-state index in [1.807, 2.05) is 6.92 Å². The highest BCUT2D eigenvalue weighted by molar-refractivity contribution is 5.84. The van der Waals surface area contributed by atoms with Crippen LogP contribution in [-0.2, 0) is 17.4 Å². The van der Waals surface area contributed by atoms with Gasteiger partial charge in [0.25, 0.3) is 0 Å². The number of halogens is 3. The normalized spacial score (nSPS) is 13.4. The number of alkyl halides is 3. The molecular formula is C13H15F3O2. The minimum Gasteiger partial charge on any atom is -0.385 e. The Hall–Kier alpha value is -1.36. The van der Waals surface area contributed by atoms with Crippen molar-refractivity contribution in [2.75, 3.05) is 0 Å². The molecule has 18 heavy (non-hydrogen) atoms. The molecule has 2 nitrogen and oxygen atoms in total. The number of aliphatic hydroxyl groups is 1. The van der Waals surface area contributed by atoms with Crippen molar-refractivity contribution in [1.29, 1.82) is 0 Å². The van der Waals surface area contributed by atoms with Crippen molar-refractivity contribution in [1.82, 2.24) is 0 Å². The summed E-state index contributed by atoms with van der Waals surface area (Å²) in [5.74, 6) is -0.448. The van der Waals surface area contributed by atoms with Crippen LogP contribution < -0.4 is 0 Å². The third kappa shape index (κ3) is 4.14. The smallest absolute Gasteiger partial charge is 0.385 e. The van der Waals surface area contributed by atoms with Gasteiger partial charge in [0, 0.05) is 6.42 Å². The van der Waals surface area contributed by atoms with Crippen LogP contribution in [0.2, 0.25) is 0 Å². The Balaban J connectivity index is 2.77. The van der Waals surface area contributed by atoms with Crippen LogP contribution in [-0.4, -0.2) is 17.0 Å². The molecule has 1 unspecified atom stereocenters. The van der Waals surface area contributed by atoms with Crippen molar-refractivity contribution in [3.63, 3.8) is 0 Å². The van der Waals surface area contributed by atoms with E-state index in [1.54, 1.807) is 0 Å². The van der Waals surface area contributed by atoms with E-state index >= 15 is 0 Å². The molecule has 1 rings (SSSR count). The van der Waals surface area contributed by atoms with Gasteiger partial charge in [-0.05, 0) is 18.1 Å². The zero-order chi connectivity index (χ0) is 13.8. The lowest BCUT2D eigenvalue weighted by Gasteiger charge is -2.10. The van der Waals surface area contributed by atoms with Gasteiger partial charge in [-0.15, -0.1) is 0 Å². The fourth-order valence-electron chi connectivity index (χ4n) is 1.61. The van der Waals surface area contributed by atoms with E-state index in [2.05, 4.69) is 0 Å². The van der Waals surface area contributed by atoms with E-state index in [0.29, 0.717) is 12.8 Å². The first-order valence-corrected chi connectivity index (χ1v) is 5.71. The highest BCUT2D eigenvalue weighted by Crippen LogP contribution is 2.29. The molecule has 0 radical (unpaired) electrons. The lowest BCUT2D eigenvalue weighted by molar-refractivity contribution is -0.137. The Kier molecular flexibility index (Phi) is 4.90. The first-order valence-electron chi connectivity index (χ1n) is 5.71. The summed E-state index contributed by atoms with van der Waals surface area (Å²) in [5.41, 5.74) is -0.511. The minimum absolute atomic E-state index is 0.176. The van der Waals surface area contributed by atoms with Crippen LogP contribution in [0.3, 0.4) is 0 Å². The van der Waals surface area contributed by atoms with Crippen LogP contribution in [0.5, 0.6) is 0 Å². The van der Waals surface area contributed by atoms with Gasteiger partial charge in [-0.2, -0.15) is 13.2 Å². The summed E-state index contributed by atoms with van der Waals surface area (Å²) in [6, 6.07) is 4.61. The molecule has 0 aliphatic heterocycles. The van der Waals surface area contributed by atoms with Crippen molar-refractivity contribution in [2.45, 2.75) is 38.5 Å². The average molecular weight is 260 g/mol. The predicted molar refractivity (Wildman–Crippen MR) is 61.1 cm³/mol. The summed E-state index contributed by atoms with van der Waals surface area (Å²) >= 11 is 0. The van der Waals surface area contributed by atoms with E-state index in [9.17, 15) is 23.1 Å². The highest BCUT2D eigenvalue weighted by Gasteiger charge is 2.30. The van der Waals surface area contributed by atoms with Gasteiger partial charge in [-0.25, -0.2) is 0 Å². The SMILES string of the molecule is CCCC(O)C(=O)Cc1cccc(C(F)(F)F)c1. The van der Waals surface area contributed by atoms with Crippen LogP contribution in [0.4, 0.5) is 13.2 Å². The Bertz CT molecular complexity index is 413. The zero-order valence-electron chi connectivity index (χ0n) is 10.00. The zero-order valence-corrected chi connectivity index (χ0v) is 10.00. The van der Waals surface area contributed by atoms with Crippen molar-refractivity contribution < 1.29 is 23.1 Å². The van der Waals surface area contributed by atoms with Gasteiger partial charge in [0.05, 0.1) is 5.56 Å². The van der Waals surface area contributed by atoms with Crippen LogP contribution in [0.1, 0.15) is 30.9 Å². The molecule has 0 aromatic heterocycles. The quantitative estimate of drug-likeness (QED) is 0.883. The fourth-order valence-corrected chi connectivity index (χ4v) is 1.61. The largest absolute Gasteiger partial charge is 0.416 e. The molecule has 0 spiro atoms. The molecule has 0 heterocycles. The number of hydrogen-bond donors (Lipinski definition) is 1. The van der Waals surface area contributed by atoms with E-state index in [1.165, 1.54) is 12.1 Å². The number of carbonyl (C=O) groups excluding carboxylic acids is 1. The number of hydrogen-bond acceptors (Lipinski definition) is 2. The first kappa shape index (κ1) is 14.7. The van der Waals surface area contributed by atoms with Gasteiger partial charge in [-0.1, -0.05) is 31.5 Å². The molecule has 5 heteroatoms. The molecule has 0 saturated carbocycles. The lowest BCUT2D eigenvalue weighted by Crippen LogP contribution is -2.22. The number of ketones is 1. The molecule has 0 bridgehead atoms. The molecule has 1 N–H and O–H groups in total. The molecule has 100 valence electrons. The van der Waals surface area contributed by atoms with Gasteiger partial charge in [-0.3, -0.25) is 4.79 Å². The molecule has 1 aromatic rings. The standard InChI is InChI=1S/C13H15F3O2/c1-2-4-11(17)12(18)8-9-5-3-6-10(7-9)13(14,15)16/h3,5-7,11,17H,2,4,8H2,1H3. The Morgan fingerprint density at radius 2 is 2.06 bits per heavy atom. The maximum atomic E-state index is 12.5.